The summed E-state index contributed by atoms with van der Waals surface area (Å²) in [4.78, 5) is 27.5. The zero-order valence-corrected chi connectivity index (χ0v) is 19.8. The summed E-state index contributed by atoms with van der Waals surface area (Å²) in [6, 6.07) is 25.3. The Balaban J connectivity index is 1.60. The highest BCUT2D eigenvalue weighted by Crippen LogP contribution is 2.38. The molecule has 36 heavy (non-hydrogen) atoms. The lowest BCUT2D eigenvalue weighted by atomic mass is 10.1. The summed E-state index contributed by atoms with van der Waals surface area (Å²) in [5.41, 5.74) is 1.30. The van der Waals surface area contributed by atoms with Crippen LogP contribution >= 0.6 is 0 Å². The number of halogens is 1. The van der Waals surface area contributed by atoms with Gasteiger partial charge in [-0.25, -0.2) is 12.8 Å². The van der Waals surface area contributed by atoms with Crippen LogP contribution in [0, 0.1) is 5.82 Å². The Morgan fingerprint density at radius 1 is 0.833 bits per heavy atom. The van der Waals surface area contributed by atoms with Gasteiger partial charge in [0.2, 0.25) is 9.84 Å². The highest BCUT2D eigenvalue weighted by Gasteiger charge is 2.36. The number of benzene rings is 4. The summed E-state index contributed by atoms with van der Waals surface area (Å²) in [5, 5.41) is 2.81. The Morgan fingerprint density at radius 3 is 2.31 bits per heavy atom. The van der Waals surface area contributed by atoms with Crippen molar-refractivity contribution in [2.45, 2.75) is 22.9 Å². The average molecular weight is 501 g/mol. The molecular formula is C28H21FN2O4S. The number of rotatable bonds is 5. The molecule has 0 atom stereocenters. The van der Waals surface area contributed by atoms with Crippen molar-refractivity contribution in [2.75, 3.05) is 4.90 Å². The molecule has 2 amide bonds. The van der Waals surface area contributed by atoms with Crippen LogP contribution in [0.25, 0.3) is 0 Å². The van der Waals surface area contributed by atoms with Gasteiger partial charge < -0.3 is 10.2 Å². The molecule has 0 radical (unpaired) electrons. The zero-order valence-electron chi connectivity index (χ0n) is 19.0. The van der Waals surface area contributed by atoms with Crippen LogP contribution in [0.1, 0.15) is 31.8 Å². The number of carbonyl (C=O) groups is 2. The van der Waals surface area contributed by atoms with Crippen LogP contribution in [-0.4, -0.2) is 20.2 Å². The molecule has 180 valence electrons. The van der Waals surface area contributed by atoms with E-state index in [0.29, 0.717) is 0 Å². The molecule has 0 unspecified atom stereocenters. The van der Waals surface area contributed by atoms with Gasteiger partial charge in [-0.15, -0.1) is 0 Å². The maximum Gasteiger partial charge on any atom is 0.259 e. The highest BCUT2D eigenvalue weighted by atomic mass is 32.2. The second-order valence-corrected chi connectivity index (χ2v) is 10.2. The van der Waals surface area contributed by atoms with Gasteiger partial charge in [0, 0.05) is 17.7 Å². The van der Waals surface area contributed by atoms with Crippen LogP contribution in [0.2, 0.25) is 0 Å². The molecule has 1 N–H and O–H groups in total. The molecule has 4 aromatic rings. The van der Waals surface area contributed by atoms with Gasteiger partial charge in [-0.3, -0.25) is 9.59 Å². The van der Waals surface area contributed by atoms with Crippen molar-refractivity contribution in [1.29, 1.82) is 0 Å². The topological polar surface area (TPSA) is 83.6 Å². The third-order valence-corrected chi connectivity index (χ3v) is 7.90. The van der Waals surface area contributed by atoms with Crippen molar-refractivity contribution in [3.8, 4) is 0 Å². The van der Waals surface area contributed by atoms with Crippen molar-refractivity contribution in [3.63, 3.8) is 0 Å². The van der Waals surface area contributed by atoms with Gasteiger partial charge in [-0.2, -0.15) is 0 Å². The molecule has 0 spiro atoms. The standard InChI is InChI=1S/C28H21FN2O4S/c29-23-12-6-4-10-21(23)18-31-24-16-20(27(32)30-17-19-8-2-1-3-9-19)14-15-26(24)36(34,35)25-13-7-5-11-22(25)28(31)33/h1-16H,17-18H2,(H,30,32). The number of nitrogens with one attached hydrogen (secondary N) is 1. The van der Waals surface area contributed by atoms with Gasteiger partial charge in [0.1, 0.15) is 5.82 Å². The first-order valence-electron chi connectivity index (χ1n) is 11.2. The van der Waals surface area contributed by atoms with Crippen molar-refractivity contribution in [3.05, 3.63) is 125 Å². The van der Waals surface area contributed by atoms with Gasteiger partial charge in [-0.05, 0) is 42.0 Å². The largest absolute Gasteiger partial charge is 0.348 e. The predicted octanol–water partition coefficient (Wildman–Crippen LogP) is 4.75. The SMILES string of the molecule is O=C(NCc1ccccc1)c1ccc2c(c1)N(Cc1ccccc1F)C(=O)c1ccccc1S2(=O)=O. The number of nitrogens with zero attached hydrogens (tertiary/aromatic N) is 1. The maximum absolute atomic E-state index is 14.5. The zero-order chi connectivity index (χ0) is 25.3. The van der Waals surface area contributed by atoms with Gasteiger partial charge >= 0.3 is 0 Å². The number of anilines is 1. The molecule has 6 nitrogen and oxygen atoms in total. The number of hydrogen-bond acceptors (Lipinski definition) is 4. The van der Waals surface area contributed by atoms with Gasteiger partial charge in [0.15, 0.2) is 0 Å². The molecule has 1 aliphatic heterocycles. The molecule has 0 bridgehead atoms. The molecular weight excluding hydrogens is 479 g/mol. The third-order valence-electron chi connectivity index (χ3n) is 6.04. The van der Waals surface area contributed by atoms with Crippen molar-refractivity contribution in [1.82, 2.24) is 5.32 Å². The predicted molar refractivity (Wildman–Crippen MR) is 133 cm³/mol. The molecule has 0 saturated heterocycles. The minimum absolute atomic E-state index is 0.0138. The van der Waals surface area contributed by atoms with Crippen molar-refractivity contribution < 1.29 is 22.4 Å². The molecule has 1 aliphatic rings. The van der Waals surface area contributed by atoms with E-state index in [1.165, 1.54) is 53.4 Å². The lowest BCUT2D eigenvalue weighted by Gasteiger charge is -2.23. The first-order chi connectivity index (χ1) is 17.4. The highest BCUT2D eigenvalue weighted by molar-refractivity contribution is 7.91. The quantitative estimate of drug-likeness (QED) is 0.429. The van der Waals surface area contributed by atoms with E-state index in [2.05, 4.69) is 5.32 Å². The molecule has 1 heterocycles. The first kappa shape index (κ1) is 23.4. The maximum atomic E-state index is 14.5. The summed E-state index contributed by atoms with van der Waals surface area (Å²) in [6.07, 6.45) is 0. The van der Waals surface area contributed by atoms with Crippen molar-refractivity contribution >= 4 is 27.3 Å². The molecule has 8 heteroatoms. The Hall–Kier alpha value is -4.30. The summed E-state index contributed by atoms with van der Waals surface area (Å²) >= 11 is 0. The van der Waals surface area contributed by atoms with E-state index in [1.807, 2.05) is 30.3 Å². The summed E-state index contributed by atoms with van der Waals surface area (Å²) in [5.74, 6) is -1.55. The van der Waals surface area contributed by atoms with Crippen LogP contribution in [0.15, 0.2) is 107 Å². The Kier molecular flexibility index (Phi) is 6.12. The second-order valence-electron chi connectivity index (χ2n) is 8.33. The fraction of sp³-hybridized carbons (Fsp3) is 0.0714. The number of hydrogen-bond donors (Lipinski definition) is 1. The number of sulfone groups is 1. The number of fused-ring (bicyclic) bond motifs is 2. The van der Waals surface area contributed by atoms with E-state index < -0.39 is 27.5 Å². The summed E-state index contributed by atoms with van der Waals surface area (Å²) in [7, 11) is -4.09. The lowest BCUT2D eigenvalue weighted by molar-refractivity contribution is 0.0947. The van der Waals surface area contributed by atoms with E-state index >= 15 is 0 Å². The van der Waals surface area contributed by atoms with E-state index in [0.717, 1.165) is 5.56 Å². The summed E-state index contributed by atoms with van der Waals surface area (Å²) < 4.78 is 41.7. The molecule has 0 aliphatic carbocycles. The normalized spacial score (nSPS) is 13.9. The monoisotopic (exact) mass is 500 g/mol. The van der Waals surface area contributed by atoms with Crippen LogP contribution in [0.3, 0.4) is 0 Å². The first-order valence-corrected chi connectivity index (χ1v) is 12.7. The Morgan fingerprint density at radius 2 is 1.53 bits per heavy atom. The van der Waals surface area contributed by atoms with Crippen LogP contribution in [0.4, 0.5) is 10.1 Å². The Bertz CT molecular complexity index is 1590. The third kappa shape index (κ3) is 4.27. The van der Waals surface area contributed by atoms with Crippen LogP contribution < -0.4 is 10.2 Å². The van der Waals surface area contributed by atoms with Crippen LogP contribution in [-0.2, 0) is 22.9 Å². The Labute approximate surface area is 207 Å². The average Bonchev–Trinajstić information content (AvgIpc) is 2.97. The molecule has 4 aromatic carbocycles. The second kappa shape index (κ2) is 9.39. The van der Waals surface area contributed by atoms with Gasteiger partial charge in [0.05, 0.1) is 27.6 Å². The summed E-state index contributed by atoms with van der Waals surface area (Å²) in [6.45, 7) is 0.0653. The molecule has 0 aromatic heterocycles. The fourth-order valence-corrected chi connectivity index (χ4v) is 5.81. The number of amides is 2. The lowest BCUT2D eigenvalue weighted by Crippen LogP contribution is -2.31. The van der Waals surface area contributed by atoms with E-state index in [4.69, 9.17) is 0 Å². The van der Waals surface area contributed by atoms with E-state index in [-0.39, 0.29) is 45.3 Å². The van der Waals surface area contributed by atoms with E-state index in [1.54, 1.807) is 18.2 Å². The molecule has 0 fully saturated rings. The fourth-order valence-electron chi connectivity index (χ4n) is 4.18. The van der Waals surface area contributed by atoms with Gasteiger partial charge in [-0.1, -0.05) is 60.7 Å². The van der Waals surface area contributed by atoms with Crippen LogP contribution in [0.5, 0.6) is 0 Å². The minimum Gasteiger partial charge on any atom is -0.348 e. The van der Waals surface area contributed by atoms with Gasteiger partial charge in [0.25, 0.3) is 11.8 Å². The minimum atomic E-state index is -4.09. The number of carbonyl (C=O) groups excluding carboxylic acids is 2. The molecule has 0 saturated carbocycles. The van der Waals surface area contributed by atoms with Crippen molar-refractivity contribution in [2.24, 2.45) is 0 Å². The van der Waals surface area contributed by atoms with E-state index in [9.17, 15) is 22.4 Å². The molecule has 5 rings (SSSR count). The smallest absolute Gasteiger partial charge is 0.259 e.